The van der Waals surface area contributed by atoms with E-state index in [4.69, 9.17) is 0 Å². The van der Waals surface area contributed by atoms with Crippen LogP contribution in [-0.2, 0) is 9.59 Å². The summed E-state index contributed by atoms with van der Waals surface area (Å²) in [5.41, 5.74) is -0.400. The second-order valence-electron chi connectivity index (χ2n) is 5.31. The molecule has 0 unspecified atom stereocenters. The first-order chi connectivity index (χ1) is 6.83. The van der Waals surface area contributed by atoms with E-state index in [1.54, 1.807) is 0 Å². The zero-order chi connectivity index (χ0) is 11.6. The van der Waals surface area contributed by atoms with E-state index in [9.17, 15) is 9.59 Å². The molecule has 1 fully saturated rings. The van der Waals surface area contributed by atoms with E-state index in [1.165, 1.54) is 6.92 Å². The summed E-state index contributed by atoms with van der Waals surface area (Å²) >= 11 is 0. The van der Waals surface area contributed by atoms with Crippen molar-refractivity contribution in [3.8, 4) is 0 Å². The van der Waals surface area contributed by atoms with Crippen molar-refractivity contribution in [1.29, 1.82) is 0 Å². The summed E-state index contributed by atoms with van der Waals surface area (Å²) in [5, 5.41) is 2.87. The number of carbonyl (C=O) groups is 2. The number of hydrogen-bond acceptors (Lipinski definition) is 2. The van der Waals surface area contributed by atoms with E-state index in [0.29, 0.717) is 18.1 Å². The Morgan fingerprint density at radius 2 is 2.00 bits per heavy atom. The van der Waals surface area contributed by atoms with Gasteiger partial charge in [0.1, 0.15) is 5.78 Å². The molecule has 1 saturated carbocycles. The molecule has 0 saturated heterocycles. The van der Waals surface area contributed by atoms with Crippen LogP contribution in [-0.4, -0.2) is 17.2 Å². The molecule has 0 aromatic carbocycles. The van der Waals surface area contributed by atoms with Crippen LogP contribution in [0.4, 0.5) is 0 Å². The molecule has 1 rings (SSSR count). The SMILES string of the molecule is CC(=O)NC(C)(C)[C@H]1CC[C@H](C)CC1=O. The molecule has 0 aliphatic heterocycles. The molecule has 1 aliphatic carbocycles. The normalized spacial score (nSPS) is 27.6. The molecule has 0 radical (unpaired) electrons. The summed E-state index contributed by atoms with van der Waals surface area (Å²) in [6, 6.07) is 0. The van der Waals surface area contributed by atoms with Gasteiger partial charge in [0.15, 0.2) is 0 Å². The van der Waals surface area contributed by atoms with Crippen LogP contribution >= 0.6 is 0 Å². The first-order valence-corrected chi connectivity index (χ1v) is 5.64. The van der Waals surface area contributed by atoms with Gasteiger partial charge in [0.05, 0.1) is 0 Å². The maximum Gasteiger partial charge on any atom is 0.217 e. The molecule has 0 bridgehead atoms. The lowest BCUT2D eigenvalue weighted by Crippen LogP contribution is -2.52. The van der Waals surface area contributed by atoms with Gasteiger partial charge in [-0.05, 0) is 32.6 Å². The van der Waals surface area contributed by atoms with Crippen molar-refractivity contribution >= 4 is 11.7 Å². The molecule has 1 N–H and O–H groups in total. The van der Waals surface area contributed by atoms with Crippen molar-refractivity contribution in [1.82, 2.24) is 5.32 Å². The Morgan fingerprint density at radius 1 is 1.40 bits per heavy atom. The Morgan fingerprint density at radius 3 is 2.47 bits per heavy atom. The number of amides is 1. The summed E-state index contributed by atoms with van der Waals surface area (Å²) < 4.78 is 0. The van der Waals surface area contributed by atoms with E-state index in [1.807, 2.05) is 13.8 Å². The Kier molecular flexibility index (Phi) is 3.53. The lowest BCUT2D eigenvalue weighted by Gasteiger charge is -2.37. The maximum atomic E-state index is 11.9. The molecule has 3 heteroatoms. The summed E-state index contributed by atoms with van der Waals surface area (Å²) in [6.45, 7) is 7.48. The van der Waals surface area contributed by atoms with E-state index in [-0.39, 0.29) is 11.8 Å². The van der Waals surface area contributed by atoms with Crippen molar-refractivity contribution in [3.63, 3.8) is 0 Å². The Balaban J connectivity index is 2.70. The average Bonchev–Trinajstić information content (AvgIpc) is 1.99. The number of hydrogen-bond donors (Lipinski definition) is 1. The van der Waals surface area contributed by atoms with Crippen molar-refractivity contribution in [3.05, 3.63) is 0 Å². The van der Waals surface area contributed by atoms with E-state index in [0.717, 1.165) is 12.8 Å². The molecule has 3 nitrogen and oxygen atoms in total. The van der Waals surface area contributed by atoms with E-state index < -0.39 is 5.54 Å². The molecule has 0 heterocycles. The van der Waals surface area contributed by atoms with Gasteiger partial charge in [0.25, 0.3) is 0 Å². The third-order valence-electron chi connectivity index (χ3n) is 3.26. The number of ketones is 1. The van der Waals surface area contributed by atoms with Gasteiger partial charge in [-0.1, -0.05) is 6.92 Å². The number of rotatable bonds is 2. The highest BCUT2D eigenvalue weighted by Gasteiger charge is 2.38. The lowest BCUT2D eigenvalue weighted by molar-refractivity contribution is -0.130. The van der Waals surface area contributed by atoms with Gasteiger partial charge in [0.2, 0.25) is 5.91 Å². The van der Waals surface area contributed by atoms with Gasteiger partial charge in [-0.2, -0.15) is 0 Å². The quantitative estimate of drug-likeness (QED) is 0.758. The molecular weight excluding hydrogens is 190 g/mol. The Hall–Kier alpha value is -0.860. The third-order valence-corrected chi connectivity index (χ3v) is 3.26. The van der Waals surface area contributed by atoms with Crippen LogP contribution in [0.5, 0.6) is 0 Å². The monoisotopic (exact) mass is 211 g/mol. The minimum atomic E-state index is -0.400. The first-order valence-electron chi connectivity index (χ1n) is 5.64. The smallest absolute Gasteiger partial charge is 0.217 e. The molecule has 2 atom stereocenters. The number of Topliss-reactive ketones (excluding diaryl/α,β-unsaturated/α-hetero) is 1. The van der Waals surface area contributed by atoms with Crippen molar-refractivity contribution in [2.45, 2.75) is 52.5 Å². The van der Waals surface area contributed by atoms with Gasteiger partial charge >= 0.3 is 0 Å². The molecule has 0 aromatic heterocycles. The average molecular weight is 211 g/mol. The van der Waals surface area contributed by atoms with Crippen molar-refractivity contribution in [2.75, 3.05) is 0 Å². The topological polar surface area (TPSA) is 46.2 Å². The minimum Gasteiger partial charge on any atom is -0.351 e. The summed E-state index contributed by atoms with van der Waals surface area (Å²) in [5.74, 6) is 0.721. The predicted molar refractivity (Wildman–Crippen MR) is 59.4 cm³/mol. The molecule has 0 aromatic rings. The van der Waals surface area contributed by atoms with E-state index >= 15 is 0 Å². The molecule has 1 aliphatic rings. The zero-order valence-corrected chi connectivity index (χ0v) is 10.1. The second kappa shape index (κ2) is 4.33. The third kappa shape index (κ3) is 3.05. The fourth-order valence-electron chi connectivity index (χ4n) is 2.50. The van der Waals surface area contributed by atoms with E-state index in [2.05, 4.69) is 12.2 Å². The highest BCUT2D eigenvalue weighted by Crippen LogP contribution is 2.32. The summed E-state index contributed by atoms with van der Waals surface area (Å²) in [7, 11) is 0. The Bertz CT molecular complexity index is 271. The number of nitrogens with one attached hydrogen (secondary N) is 1. The van der Waals surface area contributed by atoms with Gasteiger partial charge in [-0.25, -0.2) is 0 Å². The van der Waals surface area contributed by atoms with Gasteiger partial charge in [-0.15, -0.1) is 0 Å². The van der Waals surface area contributed by atoms with Crippen LogP contribution in [0.3, 0.4) is 0 Å². The highest BCUT2D eigenvalue weighted by atomic mass is 16.1. The lowest BCUT2D eigenvalue weighted by atomic mass is 9.73. The fourth-order valence-corrected chi connectivity index (χ4v) is 2.50. The van der Waals surface area contributed by atoms with Crippen molar-refractivity contribution < 1.29 is 9.59 Å². The summed E-state index contributed by atoms with van der Waals surface area (Å²) in [6.07, 6.45) is 2.64. The van der Waals surface area contributed by atoms with Crippen LogP contribution < -0.4 is 5.32 Å². The molecular formula is C12H21NO2. The molecule has 86 valence electrons. The van der Waals surface area contributed by atoms with Crippen LogP contribution in [0.25, 0.3) is 0 Å². The predicted octanol–water partition coefficient (Wildman–Crippen LogP) is 1.91. The highest BCUT2D eigenvalue weighted by molar-refractivity contribution is 5.84. The van der Waals surface area contributed by atoms with Gasteiger partial charge < -0.3 is 5.32 Å². The first kappa shape index (κ1) is 12.2. The minimum absolute atomic E-state index is 0.0161. The second-order valence-corrected chi connectivity index (χ2v) is 5.31. The maximum absolute atomic E-state index is 11.9. The molecule has 0 spiro atoms. The van der Waals surface area contributed by atoms with Crippen LogP contribution in [0.1, 0.15) is 47.0 Å². The number of carbonyl (C=O) groups excluding carboxylic acids is 2. The van der Waals surface area contributed by atoms with Crippen LogP contribution in [0.15, 0.2) is 0 Å². The van der Waals surface area contributed by atoms with Gasteiger partial charge in [-0.3, -0.25) is 9.59 Å². The summed E-state index contributed by atoms with van der Waals surface area (Å²) in [4.78, 5) is 22.9. The van der Waals surface area contributed by atoms with Crippen molar-refractivity contribution in [2.24, 2.45) is 11.8 Å². The standard InChI is InChI=1S/C12H21NO2/c1-8-5-6-10(11(15)7-8)12(3,4)13-9(2)14/h8,10H,5-7H2,1-4H3,(H,13,14)/t8-,10-/m0/s1. The molecule has 1 amide bonds. The molecule has 15 heavy (non-hydrogen) atoms. The van der Waals surface area contributed by atoms with Crippen LogP contribution in [0, 0.1) is 11.8 Å². The fraction of sp³-hybridized carbons (Fsp3) is 0.833. The van der Waals surface area contributed by atoms with Gasteiger partial charge in [0, 0.05) is 24.8 Å². The largest absolute Gasteiger partial charge is 0.351 e. The zero-order valence-electron chi connectivity index (χ0n) is 10.1. The van der Waals surface area contributed by atoms with Crippen LogP contribution in [0.2, 0.25) is 0 Å². The Labute approximate surface area is 91.6 Å².